The van der Waals surface area contributed by atoms with Crippen LogP contribution in [0.15, 0.2) is 42.5 Å². The third-order valence-electron chi connectivity index (χ3n) is 5.03. The predicted molar refractivity (Wildman–Crippen MR) is 103 cm³/mol. The summed E-state index contributed by atoms with van der Waals surface area (Å²) in [7, 11) is 1.90. The number of fused-ring (bicyclic) bond motifs is 1. The van der Waals surface area contributed by atoms with Crippen LogP contribution in [0.25, 0.3) is 11.1 Å². The number of carbonyl (C=O) groups excluding carboxylic acids is 1. The van der Waals surface area contributed by atoms with Crippen LogP contribution in [0.1, 0.15) is 18.2 Å². The summed E-state index contributed by atoms with van der Waals surface area (Å²) in [4.78, 5) is 13.5. The van der Waals surface area contributed by atoms with Gasteiger partial charge < -0.3 is 10.2 Å². The molecule has 0 radical (unpaired) electrons. The summed E-state index contributed by atoms with van der Waals surface area (Å²) >= 11 is 0. The van der Waals surface area contributed by atoms with Crippen molar-refractivity contribution in [3.63, 3.8) is 0 Å². The fraction of sp³-hybridized carbons (Fsp3) is 0.238. The quantitative estimate of drug-likeness (QED) is 0.745. The molecule has 0 aliphatic carbocycles. The molecule has 2 aromatic carbocycles. The Morgan fingerprint density at radius 3 is 2.39 bits per heavy atom. The highest BCUT2D eigenvalue weighted by Gasteiger charge is 2.25. The van der Waals surface area contributed by atoms with Crippen LogP contribution < -0.4 is 5.32 Å². The van der Waals surface area contributed by atoms with Crippen LogP contribution in [0.5, 0.6) is 0 Å². The summed E-state index contributed by atoms with van der Waals surface area (Å²) in [6, 6.07) is 10.7. The van der Waals surface area contributed by atoms with Gasteiger partial charge in [0.2, 0.25) is 5.91 Å². The van der Waals surface area contributed by atoms with E-state index >= 15 is 0 Å². The second kappa shape index (κ2) is 7.07. The Labute approximate surface area is 161 Å². The van der Waals surface area contributed by atoms with E-state index in [4.69, 9.17) is 0 Å². The molecule has 0 saturated carbocycles. The van der Waals surface area contributed by atoms with Crippen molar-refractivity contribution >= 4 is 17.4 Å². The summed E-state index contributed by atoms with van der Waals surface area (Å²) < 4.78 is 28.7. The van der Waals surface area contributed by atoms with Gasteiger partial charge in [0.1, 0.15) is 11.6 Å². The first-order valence-corrected chi connectivity index (χ1v) is 9.04. The van der Waals surface area contributed by atoms with Crippen LogP contribution in [0.2, 0.25) is 0 Å². The minimum absolute atomic E-state index is 0.0483. The molecule has 4 rings (SSSR count). The van der Waals surface area contributed by atoms with Crippen molar-refractivity contribution in [3.05, 3.63) is 65.4 Å². The van der Waals surface area contributed by atoms with Crippen molar-refractivity contribution in [2.45, 2.75) is 19.9 Å². The molecule has 2 heterocycles. The fourth-order valence-electron chi connectivity index (χ4n) is 3.56. The van der Waals surface area contributed by atoms with Crippen LogP contribution in [0.4, 0.5) is 20.3 Å². The number of amides is 1. The number of aromatic nitrogens is 2. The van der Waals surface area contributed by atoms with E-state index in [1.165, 1.54) is 12.1 Å². The number of carbonyl (C=O) groups is 1. The van der Waals surface area contributed by atoms with Gasteiger partial charge in [-0.15, -0.1) is 0 Å². The molecule has 0 unspecified atom stereocenters. The summed E-state index contributed by atoms with van der Waals surface area (Å²) in [5, 5.41) is 7.85. The number of benzene rings is 2. The summed E-state index contributed by atoms with van der Waals surface area (Å²) in [5.74, 6) is -0.445. The van der Waals surface area contributed by atoms with Crippen molar-refractivity contribution < 1.29 is 13.6 Å². The molecule has 5 nitrogen and oxygen atoms in total. The average molecular weight is 382 g/mol. The largest absolute Gasteiger partial charge is 0.338 e. The van der Waals surface area contributed by atoms with Gasteiger partial charge in [-0.05, 0) is 35.4 Å². The van der Waals surface area contributed by atoms with Gasteiger partial charge in [-0.2, -0.15) is 5.10 Å². The number of anilines is 2. The van der Waals surface area contributed by atoms with Crippen molar-refractivity contribution in [1.82, 2.24) is 14.7 Å². The van der Waals surface area contributed by atoms with Crippen molar-refractivity contribution in [3.8, 4) is 11.1 Å². The summed E-state index contributed by atoms with van der Waals surface area (Å²) in [6.45, 7) is 2.80. The smallest absolute Gasteiger partial charge is 0.219 e. The molecule has 0 bridgehead atoms. The predicted octanol–water partition coefficient (Wildman–Crippen LogP) is 4.01. The third kappa shape index (κ3) is 3.47. The van der Waals surface area contributed by atoms with Gasteiger partial charge in [-0.1, -0.05) is 12.1 Å². The van der Waals surface area contributed by atoms with Crippen LogP contribution in [0.3, 0.4) is 0 Å². The highest BCUT2D eigenvalue weighted by molar-refractivity contribution is 5.74. The van der Waals surface area contributed by atoms with E-state index in [1.54, 1.807) is 24.0 Å². The summed E-state index contributed by atoms with van der Waals surface area (Å²) in [5.41, 5.74) is 4.14. The standard InChI is InChI=1S/C21H20F2N4O/c1-13(28)27-8-7-20-19(12-27)21(25-26(20)2)24-18-5-3-14(4-6-18)15-9-16(22)11-17(23)10-15/h3-6,9-11H,7-8,12H2,1-2H3,(H,24,25). The molecule has 0 atom stereocenters. The maximum Gasteiger partial charge on any atom is 0.219 e. The molecular formula is C21H20F2N4O. The Balaban J connectivity index is 1.58. The molecule has 0 saturated heterocycles. The second-order valence-corrected chi connectivity index (χ2v) is 6.95. The molecule has 0 spiro atoms. The number of nitrogens with zero attached hydrogens (tertiary/aromatic N) is 3. The zero-order valence-corrected chi connectivity index (χ0v) is 15.7. The molecule has 1 aromatic heterocycles. The maximum atomic E-state index is 13.4. The molecule has 1 aliphatic rings. The van der Waals surface area contributed by atoms with Gasteiger partial charge in [-0.3, -0.25) is 9.48 Å². The number of halogens is 2. The first-order chi connectivity index (χ1) is 13.4. The van der Waals surface area contributed by atoms with Gasteiger partial charge in [-0.25, -0.2) is 8.78 Å². The molecule has 144 valence electrons. The molecular weight excluding hydrogens is 362 g/mol. The lowest BCUT2D eigenvalue weighted by Crippen LogP contribution is -2.34. The second-order valence-electron chi connectivity index (χ2n) is 6.95. The molecule has 1 aliphatic heterocycles. The van der Waals surface area contributed by atoms with E-state index in [9.17, 15) is 13.6 Å². The van der Waals surface area contributed by atoms with E-state index in [1.807, 2.05) is 23.9 Å². The number of aryl methyl sites for hydroxylation is 1. The van der Waals surface area contributed by atoms with E-state index in [2.05, 4.69) is 10.4 Å². The average Bonchev–Trinajstić information content (AvgIpc) is 2.96. The third-order valence-corrected chi connectivity index (χ3v) is 5.03. The lowest BCUT2D eigenvalue weighted by molar-refractivity contribution is -0.129. The zero-order valence-electron chi connectivity index (χ0n) is 15.7. The minimum atomic E-state index is -0.604. The number of hydrogen-bond donors (Lipinski definition) is 1. The Hall–Kier alpha value is -3.22. The van der Waals surface area contributed by atoms with Gasteiger partial charge in [0.25, 0.3) is 0 Å². The molecule has 1 amide bonds. The molecule has 7 heteroatoms. The minimum Gasteiger partial charge on any atom is -0.338 e. The van der Waals surface area contributed by atoms with Crippen LogP contribution in [0, 0.1) is 11.6 Å². The topological polar surface area (TPSA) is 50.2 Å². The lowest BCUT2D eigenvalue weighted by Gasteiger charge is -2.26. The Kier molecular flexibility index (Phi) is 4.58. The summed E-state index contributed by atoms with van der Waals surface area (Å²) in [6.07, 6.45) is 0.768. The first kappa shape index (κ1) is 18.2. The van der Waals surface area contributed by atoms with Crippen molar-refractivity contribution in [1.29, 1.82) is 0 Å². The number of nitrogens with one attached hydrogen (secondary N) is 1. The molecule has 3 aromatic rings. The monoisotopic (exact) mass is 382 g/mol. The van der Waals surface area contributed by atoms with Crippen LogP contribution in [-0.2, 0) is 24.8 Å². The molecule has 28 heavy (non-hydrogen) atoms. The number of rotatable bonds is 3. The van der Waals surface area contributed by atoms with E-state index in [0.29, 0.717) is 24.5 Å². The van der Waals surface area contributed by atoms with Gasteiger partial charge >= 0.3 is 0 Å². The molecule has 0 fully saturated rings. The van der Waals surface area contributed by atoms with E-state index < -0.39 is 11.6 Å². The highest BCUT2D eigenvalue weighted by Crippen LogP contribution is 2.29. The zero-order chi connectivity index (χ0) is 19.8. The lowest BCUT2D eigenvalue weighted by atomic mass is 10.0. The Bertz CT molecular complexity index is 1020. The normalized spacial score (nSPS) is 13.4. The van der Waals surface area contributed by atoms with Crippen LogP contribution >= 0.6 is 0 Å². The van der Waals surface area contributed by atoms with Gasteiger partial charge in [0.05, 0.1) is 6.54 Å². The van der Waals surface area contributed by atoms with Gasteiger partial charge in [0, 0.05) is 49.9 Å². The maximum absolute atomic E-state index is 13.4. The van der Waals surface area contributed by atoms with Gasteiger partial charge in [0.15, 0.2) is 5.82 Å². The van der Waals surface area contributed by atoms with E-state index in [0.717, 1.165) is 35.0 Å². The highest BCUT2D eigenvalue weighted by atomic mass is 19.1. The SMILES string of the molecule is CC(=O)N1CCc2c(c(Nc3ccc(-c4cc(F)cc(F)c4)cc3)nn2C)C1. The number of hydrogen-bond acceptors (Lipinski definition) is 3. The Morgan fingerprint density at radius 2 is 1.75 bits per heavy atom. The van der Waals surface area contributed by atoms with E-state index in [-0.39, 0.29) is 5.91 Å². The van der Waals surface area contributed by atoms with Crippen molar-refractivity contribution in [2.75, 3.05) is 11.9 Å². The Morgan fingerprint density at radius 1 is 1.07 bits per heavy atom. The van der Waals surface area contributed by atoms with Crippen LogP contribution in [-0.4, -0.2) is 27.1 Å². The molecule has 1 N–H and O–H groups in total. The van der Waals surface area contributed by atoms with Crippen molar-refractivity contribution in [2.24, 2.45) is 7.05 Å². The first-order valence-electron chi connectivity index (χ1n) is 9.04. The fourth-order valence-corrected chi connectivity index (χ4v) is 3.56.